The van der Waals surface area contributed by atoms with Crippen molar-refractivity contribution < 1.29 is 4.74 Å². The van der Waals surface area contributed by atoms with Crippen LogP contribution >= 0.6 is 0 Å². The summed E-state index contributed by atoms with van der Waals surface area (Å²) in [4.78, 5) is 0. The van der Waals surface area contributed by atoms with E-state index in [1.54, 1.807) is 13.3 Å². The fourth-order valence-corrected chi connectivity index (χ4v) is 2.65. The Kier molecular flexibility index (Phi) is 4.50. The Bertz CT molecular complexity index is 534. The van der Waals surface area contributed by atoms with Crippen LogP contribution in [-0.4, -0.2) is 28.6 Å². The van der Waals surface area contributed by atoms with Gasteiger partial charge in [0.2, 0.25) is 0 Å². The van der Waals surface area contributed by atoms with E-state index in [9.17, 15) is 0 Å². The number of ether oxygens (including phenoxy) is 1. The molecule has 1 N–H and O–H groups in total. The third-order valence-electron chi connectivity index (χ3n) is 3.97. The summed E-state index contributed by atoms with van der Waals surface area (Å²) in [6.45, 7) is 1.90. The van der Waals surface area contributed by atoms with Gasteiger partial charge in [0.15, 0.2) is 0 Å². The highest BCUT2D eigenvalue weighted by Gasteiger charge is 2.31. The van der Waals surface area contributed by atoms with E-state index in [-0.39, 0.29) is 0 Å². The van der Waals surface area contributed by atoms with E-state index in [4.69, 9.17) is 4.74 Å². The molecule has 1 aromatic carbocycles. The van der Waals surface area contributed by atoms with Crippen molar-refractivity contribution in [3.05, 3.63) is 42.2 Å². The lowest BCUT2D eigenvalue weighted by atomic mass is 10.0. The fraction of sp³-hybridized carbons (Fsp3) is 0.500. The summed E-state index contributed by atoms with van der Waals surface area (Å²) in [5.74, 6) is 1.70. The molecular weight excluding hydrogens is 264 g/mol. The quantitative estimate of drug-likeness (QED) is 0.757. The number of hydrogen-bond acceptors (Lipinski definition) is 4. The second kappa shape index (κ2) is 6.72. The first kappa shape index (κ1) is 14.1. The van der Waals surface area contributed by atoms with Crippen molar-refractivity contribution in [2.75, 3.05) is 13.7 Å². The van der Waals surface area contributed by atoms with Crippen LogP contribution in [0.15, 0.2) is 36.7 Å². The van der Waals surface area contributed by atoms with Gasteiger partial charge in [-0.15, -0.1) is 5.10 Å². The van der Waals surface area contributed by atoms with E-state index in [2.05, 4.69) is 27.8 Å². The van der Waals surface area contributed by atoms with Crippen molar-refractivity contribution in [3.8, 4) is 5.75 Å². The molecule has 0 saturated heterocycles. The summed E-state index contributed by atoms with van der Waals surface area (Å²) >= 11 is 0. The molecule has 1 aliphatic carbocycles. The SMILES string of the molecule is COc1ccc(C(NCCCn2ccnn2)C2CC2)cc1. The number of aromatic nitrogens is 3. The van der Waals surface area contributed by atoms with Gasteiger partial charge in [-0.05, 0) is 49.4 Å². The first-order valence-corrected chi connectivity index (χ1v) is 7.58. The van der Waals surface area contributed by atoms with E-state index >= 15 is 0 Å². The number of hydrogen-bond donors (Lipinski definition) is 1. The Balaban J connectivity index is 1.52. The van der Waals surface area contributed by atoms with E-state index in [1.807, 2.05) is 23.0 Å². The molecule has 1 aliphatic rings. The number of nitrogens with zero attached hydrogens (tertiary/aromatic N) is 3. The van der Waals surface area contributed by atoms with Gasteiger partial charge in [0, 0.05) is 18.8 Å². The molecule has 0 aliphatic heterocycles. The average molecular weight is 286 g/mol. The normalized spacial score (nSPS) is 15.9. The van der Waals surface area contributed by atoms with Crippen LogP contribution in [-0.2, 0) is 6.54 Å². The number of aryl methyl sites for hydroxylation is 1. The molecule has 1 heterocycles. The van der Waals surface area contributed by atoms with Crippen molar-refractivity contribution in [3.63, 3.8) is 0 Å². The molecule has 1 unspecified atom stereocenters. The Labute approximate surface area is 125 Å². The minimum absolute atomic E-state index is 0.464. The van der Waals surface area contributed by atoms with Gasteiger partial charge in [-0.1, -0.05) is 17.3 Å². The lowest BCUT2D eigenvalue weighted by Gasteiger charge is -2.19. The summed E-state index contributed by atoms with van der Waals surface area (Å²) < 4.78 is 7.11. The first-order chi connectivity index (χ1) is 10.4. The van der Waals surface area contributed by atoms with Crippen LogP contribution in [0.4, 0.5) is 0 Å². The van der Waals surface area contributed by atoms with Gasteiger partial charge in [-0.25, -0.2) is 0 Å². The van der Waals surface area contributed by atoms with Gasteiger partial charge in [-0.3, -0.25) is 4.68 Å². The van der Waals surface area contributed by atoms with Crippen LogP contribution < -0.4 is 10.1 Å². The zero-order chi connectivity index (χ0) is 14.5. The number of benzene rings is 1. The molecule has 2 aromatic rings. The van der Waals surface area contributed by atoms with Crippen LogP contribution in [0.5, 0.6) is 5.75 Å². The first-order valence-electron chi connectivity index (χ1n) is 7.58. The van der Waals surface area contributed by atoms with Gasteiger partial charge in [0.1, 0.15) is 5.75 Å². The zero-order valence-corrected chi connectivity index (χ0v) is 12.4. The van der Waals surface area contributed by atoms with Gasteiger partial charge >= 0.3 is 0 Å². The van der Waals surface area contributed by atoms with Crippen molar-refractivity contribution in [2.24, 2.45) is 5.92 Å². The van der Waals surface area contributed by atoms with E-state index < -0.39 is 0 Å². The highest BCUT2D eigenvalue weighted by atomic mass is 16.5. The van der Waals surface area contributed by atoms with Crippen molar-refractivity contribution in [1.82, 2.24) is 20.3 Å². The molecule has 1 aromatic heterocycles. The molecule has 0 bridgehead atoms. The molecule has 0 radical (unpaired) electrons. The third kappa shape index (κ3) is 3.82. The maximum atomic E-state index is 5.23. The highest BCUT2D eigenvalue weighted by Crippen LogP contribution is 2.41. The molecule has 1 fully saturated rings. The molecule has 1 atom stereocenters. The number of methoxy groups -OCH3 is 1. The van der Waals surface area contributed by atoms with Gasteiger partial charge in [-0.2, -0.15) is 0 Å². The van der Waals surface area contributed by atoms with Crippen LogP contribution in [0.2, 0.25) is 0 Å². The molecule has 1 saturated carbocycles. The monoisotopic (exact) mass is 286 g/mol. The maximum Gasteiger partial charge on any atom is 0.118 e. The Morgan fingerprint density at radius 2 is 2.14 bits per heavy atom. The topological polar surface area (TPSA) is 52.0 Å². The minimum atomic E-state index is 0.464. The van der Waals surface area contributed by atoms with Crippen LogP contribution in [0, 0.1) is 5.92 Å². The van der Waals surface area contributed by atoms with Crippen LogP contribution in [0.25, 0.3) is 0 Å². The average Bonchev–Trinajstić information content (AvgIpc) is 3.23. The van der Waals surface area contributed by atoms with E-state index in [0.717, 1.165) is 31.2 Å². The Morgan fingerprint density at radius 3 is 2.76 bits per heavy atom. The Morgan fingerprint density at radius 1 is 1.33 bits per heavy atom. The molecular formula is C16H22N4O. The number of rotatable bonds is 8. The Hall–Kier alpha value is -1.88. The summed E-state index contributed by atoms with van der Waals surface area (Å²) in [5, 5.41) is 11.5. The lowest BCUT2D eigenvalue weighted by Crippen LogP contribution is -2.25. The zero-order valence-electron chi connectivity index (χ0n) is 12.4. The molecule has 5 nitrogen and oxygen atoms in total. The second-order valence-electron chi connectivity index (χ2n) is 5.56. The highest BCUT2D eigenvalue weighted by molar-refractivity contribution is 5.30. The maximum absolute atomic E-state index is 5.23. The summed E-state index contributed by atoms with van der Waals surface area (Å²) in [6.07, 6.45) is 7.34. The van der Waals surface area contributed by atoms with Crippen molar-refractivity contribution in [1.29, 1.82) is 0 Å². The summed E-state index contributed by atoms with van der Waals surface area (Å²) in [5.41, 5.74) is 1.36. The predicted molar refractivity (Wildman–Crippen MR) is 81.1 cm³/mol. The molecule has 3 rings (SSSR count). The van der Waals surface area contributed by atoms with Crippen LogP contribution in [0.3, 0.4) is 0 Å². The van der Waals surface area contributed by atoms with E-state index in [1.165, 1.54) is 18.4 Å². The smallest absolute Gasteiger partial charge is 0.118 e. The standard InChI is InChI=1S/C16H22N4O/c1-21-15-7-5-14(6-8-15)16(13-3-4-13)17-9-2-11-20-12-10-18-19-20/h5-8,10,12-13,16-17H,2-4,9,11H2,1H3. The minimum Gasteiger partial charge on any atom is -0.497 e. The molecule has 21 heavy (non-hydrogen) atoms. The molecule has 0 amide bonds. The molecule has 5 heteroatoms. The van der Waals surface area contributed by atoms with Gasteiger partial charge < -0.3 is 10.1 Å². The van der Waals surface area contributed by atoms with Crippen molar-refractivity contribution >= 4 is 0 Å². The lowest BCUT2D eigenvalue weighted by molar-refractivity contribution is 0.413. The molecule has 0 spiro atoms. The molecule has 112 valence electrons. The van der Waals surface area contributed by atoms with Crippen LogP contribution in [0.1, 0.15) is 30.9 Å². The summed E-state index contributed by atoms with van der Waals surface area (Å²) in [6, 6.07) is 8.90. The third-order valence-corrected chi connectivity index (χ3v) is 3.97. The summed E-state index contributed by atoms with van der Waals surface area (Å²) in [7, 11) is 1.70. The predicted octanol–water partition coefficient (Wildman–Crippen LogP) is 2.42. The van der Waals surface area contributed by atoms with E-state index in [0.29, 0.717) is 6.04 Å². The fourth-order valence-electron chi connectivity index (χ4n) is 2.65. The van der Waals surface area contributed by atoms with Gasteiger partial charge in [0.25, 0.3) is 0 Å². The largest absolute Gasteiger partial charge is 0.497 e. The van der Waals surface area contributed by atoms with Crippen molar-refractivity contribution in [2.45, 2.75) is 31.8 Å². The second-order valence-corrected chi connectivity index (χ2v) is 5.56. The van der Waals surface area contributed by atoms with Gasteiger partial charge in [0.05, 0.1) is 13.3 Å². The number of nitrogens with one attached hydrogen (secondary N) is 1.